The molecule has 2 aromatic heterocycles. The number of hydrogen-bond donors (Lipinski definition) is 1. The number of hydrogen-bond acceptors (Lipinski definition) is 4. The van der Waals surface area contributed by atoms with Crippen LogP contribution in [0.4, 0.5) is 8.78 Å². The fourth-order valence-corrected chi connectivity index (χ4v) is 3.47. The summed E-state index contributed by atoms with van der Waals surface area (Å²) in [6.45, 7) is 1.01. The number of carbonyl (C=O) groups excluding carboxylic acids is 1. The molecule has 22 heavy (non-hydrogen) atoms. The Morgan fingerprint density at radius 2 is 2.23 bits per heavy atom. The number of nitrogens with zero attached hydrogens (tertiary/aromatic N) is 2. The summed E-state index contributed by atoms with van der Waals surface area (Å²) in [6, 6.07) is 3.80. The Balaban J connectivity index is 1.56. The third kappa shape index (κ3) is 3.59. The highest BCUT2D eigenvalue weighted by Crippen LogP contribution is 2.20. The van der Waals surface area contributed by atoms with Gasteiger partial charge < -0.3 is 5.32 Å². The van der Waals surface area contributed by atoms with Crippen LogP contribution in [0.3, 0.4) is 0 Å². The minimum atomic E-state index is -2.30. The molecule has 4 nitrogen and oxygen atoms in total. The van der Waals surface area contributed by atoms with Crippen LogP contribution in [0.2, 0.25) is 0 Å². The molecular weight excluding hydrogens is 308 g/mol. The van der Waals surface area contributed by atoms with Crippen molar-refractivity contribution in [3.63, 3.8) is 0 Å². The predicted molar refractivity (Wildman–Crippen MR) is 82.6 cm³/mol. The summed E-state index contributed by atoms with van der Waals surface area (Å²) in [5.41, 5.74) is 1.44. The molecule has 0 radical (unpaired) electrons. The number of likely N-dealkylation sites (tertiary alicyclic amines) is 1. The minimum Gasteiger partial charge on any atom is -0.349 e. The van der Waals surface area contributed by atoms with E-state index in [2.05, 4.69) is 10.3 Å². The third-order valence-corrected chi connectivity index (χ3v) is 4.74. The Kier molecular flexibility index (Phi) is 4.63. The molecule has 1 N–H and O–H groups in total. The van der Waals surface area contributed by atoms with Crippen LogP contribution in [0.15, 0.2) is 23.7 Å². The van der Waals surface area contributed by atoms with Crippen molar-refractivity contribution in [1.82, 2.24) is 15.2 Å². The van der Waals surface area contributed by atoms with E-state index in [-0.39, 0.29) is 18.5 Å². The molecular formula is C15H17F2N3OS. The molecule has 2 aromatic rings. The summed E-state index contributed by atoms with van der Waals surface area (Å²) in [6.07, 6.45) is 0.686. The molecule has 118 valence electrons. The number of alkyl halides is 2. The van der Waals surface area contributed by atoms with E-state index < -0.39 is 6.43 Å². The molecule has 0 spiro atoms. The van der Waals surface area contributed by atoms with Crippen molar-refractivity contribution in [3.8, 4) is 0 Å². The zero-order valence-electron chi connectivity index (χ0n) is 12.0. The number of thiophene rings is 1. The Morgan fingerprint density at radius 1 is 1.45 bits per heavy atom. The van der Waals surface area contributed by atoms with E-state index >= 15 is 0 Å². The lowest BCUT2D eigenvalue weighted by molar-refractivity contribution is 0.0696. The Bertz CT molecular complexity index is 653. The largest absolute Gasteiger partial charge is 0.349 e. The number of piperidine rings is 1. The van der Waals surface area contributed by atoms with E-state index in [0.717, 1.165) is 10.2 Å². The van der Waals surface area contributed by atoms with Gasteiger partial charge in [-0.3, -0.25) is 14.7 Å². The molecule has 0 saturated carbocycles. The number of amides is 1. The quantitative estimate of drug-likeness (QED) is 0.940. The van der Waals surface area contributed by atoms with Gasteiger partial charge in [0.05, 0.1) is 22.3 Å². The second kappa shape index (κ2) is 6.66. The highest BCUT2D eigenvalue weighted by molar-refractivity contribution is 7.17. The first-order chi connectivity index (χ1) is 10.6. The SMILES string of the molecule is O=C(NC1CCN(CC(F)F)CC1)c1cnc2ccsc2c1. The van der Waals surface area contributed by atoms with Crippen LogP contribution in [-0.2, 0) is 0 Å². The molecule has 0 bridgehead atoms. The second-order valence-electron chi connectivity index (χ2n) is 5.47. The van der Waals surface area contributed by atoms with Crippen LogP contribution < -0.4 is 5.32 Å². The van der Waals surface area contributed by atoms with Gasteiger partial charge in [-0.1, -0.05) is 0 Å². The van der Waals surface area contributed by atoms with Crippen molar-refractivity contribution in [3.05, 3.63) is 29.3 Å². The van der Waals surface area contributed by atoms with E-state index in [0.29, 0.717) is 31.5 Å². The molecule has 0 aliphatic carbocycles. The van der Waals surface area contributed by atoms with E-state index in [1.807, 2.05) is 17.5 Å². The van der Waals surface area contributed by atoms with E-state index in [4.69, 9.17) is 0 Å². The van der Waals surface area contributed by atoms with Gasteiger partial charge in [0.25, 0.3) is 12.3 Å². The first-order valence-electron chi connectivity index (χ1n) is 7.26. The molecule has 3 rings (SSSR count). The van der Waals surface area contributed by atoms with Gasteiger partial charge in [0.1, 0.15) is 0 Å². The fraction of sp³-hybridized carbons (Fsp3) is 0.467. The Morgan fingerprint density at radius 3 is 2.95 bits per heavy atom. The molecule has 1 saturated heterocycles. The summed E-state index contributed by atoms with van der Waals surface area (Å²) in [5, 5.41) is 4.92. The topological polar surface area (TPSA) is 45.2 Å². The molecule has 0 aromatic carbocycles. The summed E-state index contributed by atoms with van der Waals surface area (Å²) in [7, 11) is 0. The summed E-state index contributed by atoms with van der Waals surface area (Å²) < 4.78 is 25.6. The summed E-state index contributed by atoms with van der Waals surface area (Å²) >= 11 is 1.55. The van der Waals surface area contributed by atoms with Crippen LogP contribution >= 0.6 is 11.3 Å². The Hall–Kier alpha value is -1.60. The van der Waals surface area contributed by atoms with E-state index in [9.17, 15) is 13.6 Å². The van der Waals surface area contributed by atoms with Gasteiger partial charge in [0.2, 0.25) is 0 Å². The van der Waals surface area contributed by atoms with Crippen LogP contribution in [0.25, 0.3) is 10.2 Å². The smallest absolute Gasteiger partial charge is 0.253 e. The normalized spacial score (nSPS) is 17.2. The van der Waals surface area contributed by atoms with Crippen molar-refractivity contribution in [2.45, 2.75) is 25.3 Å². The van der Waals surface area contributed by atoms with Gasteiger partial charge in [-0.05, 0) is 30.4 Å². The maximum Gasteiger partial charge on any atom is 0.253 e. The Labute approximate surface area is 131 Å². The standard InChI is InChI=1S/C15H17F2N3OS/c16-14(17)9-20-4-1-11(2-5-20)19-15(21)10-7-13-12(18-8-10)3-6-22-13/h3,6-8,11,14H,1-2,4-5,9H2,(H,19,21). The van der Waals surface area contributed by atoms with Crippen molar-refractivity contribution in [1.29, 1.82) is 0 Å². The average Bonchev–Trinajstić information content (AvgIpc) is 2.96. The zero-order chi connectivity index (χ0) is 15.5. The molecule has 7 heteroatoms. The summed E-state index contributed by atoms with van der Waals surface area (Å²) in [4.78, 5) is 18.3. The van der Waals surface area contributed by atoms with Gasteiger partial charge in [0.15, 0.2) is 0 Å². The monoisotopic (exact) mass is 325 g/mol. The minimum absolute atomic E-state index is 0.0421. The molecule has 3 heterocycles. The number of aromatic nitrogens is 1. The van der Waals surface area contributed by atoms with Gasteiger partial charge in [0, 0.05) is 25.3 Å². The number of carbonyl (C=O) groups is 1. The summed E-state index contributed by atoms with van der Waals surface area (Å²) in [5.74, 6) is -0.143. The molecule has 1 amide bonds. The number of rotatable bonds is 4. The first kappa shape index (κ1) is 15.3. The average molecular weight is 325 g/mol. The molecule has 1 fully saturated rings. The van der Waals surface area contributed by atoms with Crippen molar-refractivity contribution in [2.24, 2.45) is 0 Å². The maximum atomic E-state index is 12.3. The lowest BCUT2D eigenvalue weighted by Gasteiger charge is -2.32. The number of fused-ring (bicyclic) bond motifs is 1. The zero-order valence-corrected chi connectivity index (χ0v) is 12.8. The highest BCUT2D eigenvalue weighted by Gasteiger charge is 2.23. The fourth-order valence-electron chi connectivity index (χ4n) is 2.69. The lowest BCUT2D eigenvalue weighted by Crippen LogP contribution is -2.45. The van der Waals surface area contributed by atoms with Crippen LogP contribution in [0.5, 0.6) is 0 Å². The molecule has 0 unspecified atom stereocenters. The van der Waals surface area contributed by atoms with Crippen molar-refractivity contribution >= 4 is 27.5 Å². The third-order valence-electron chi connectivity index (χ3n) is 3.88. The van der Waals surface area contributed by atoms with E-state index in [1.54, 1.807) is 22.4 Å². The first-order valence-corrected chi connectivity index (χ1v) is 8.14. The molecule has 0 atom stereocenters. The predicted octanol–water partition coefficient (Wildman–Crippen LogP) is 2.76. The van der Waals surface area contributed by atoms with Crippen LogP contribution in [0, 0.1) is 0 Å². The molecule has 1 aliphatic rings. The van der Waals surface area contributed by atoms with Crippen molar-refractivity contribution < 1.29 is 13.6 Å². The van der Waals surface area contributed by atoms with Crippen LogP contribution in [0.1, 0.15) is 23.2 Å². The van der Waals surface area contributed by atoms with Crippen LogP contribution in [-0.4, -0.2) is 47.9 Å². The van der Waals surface area contributed by atoms with Gasteiger partial charge in [-0.15, -0.1) is 11.3 Å². The van der Waals surface area contributed by atoms with Gasteiger partial charge in [-0.25, -0.2) is 8.78 Å². The number of pyridine rings is 1. The van der Waals surface area contributed by atoms with Crippen molar-refractivity contribution in [2.75, 3.05) is 19.6 Å². The number of halogens is 2. The molecule has 1 aliphatic heterocycles. The van der Waals surface area contributed by atoms with Gasteiger partial charge >= 0.3 is 0 Å². The van der Waals surface area contributed by atoms with Gasteiger partial charge in [-0.2, -0.15) is 0 Å². The van der Waals surface area contributed by atoms with E-state index in [1.165, 1.54) is 0 Å². The lowest BCUT2D eigenvalue weighted by atomic mass is 10.0. The highest BCUT2D eigenvalue weighted by atomic mass is 32.1. The maximum absolute atomic E-state index is 12.3. The number of nitrogens with one attached hydrogen (secondary N) is 1. The second-order valence-corrected chi connectivity index (χ2v) is 6.42.